The van der Waals surface area contributed by atoms with Gasteiger partial charge in [0.05, 0.1) is 0 Å². The molecule has 0 aliphatic rings. The maximum absolute atomic E-state index is 12.0. The molecule has 0 saturated carbocycles. The van der Waals surface area contributed by atoms with Crippen molar-refractivity contribution < 1.29 is 4.79 Å². The molecule has 4 nitrogen and oxygen atoms in total. The van der Waals surface area contributed by atoms with Gasteiger partial charge < -0.3 is 11.1 Å². The molecule has 18 heavy (non-hydrogen) atoms. The van der Waals surface area contributed by atoms with E-state index in [1.54, 1.807) is 17.8 Å². The lowest BCUT2D eigenvalue weighted by atomic mass is 10.1. The van der Waals surface area contributed by atoms with E-state index in [0.29, 0.717) is 11.4 Å². The molecule has 0 aromatic carbocycles. The quantitative estimate of drug-likeness (QED) is 0.828. The zero-order valence-corrected chi connectivity index (χ0v) is 12.0. The number of nitrogens with two attached hydrogens (primary N) is 1. The van der Waals surface area contributed by atoms with Gasteiger partial charge in [0.2, 0.25) is 0 Å². The summed E-state index contributed by atoms with van der Waals surface area (Å²) in [4.78, 5) is 16.3. The lowest BCUT2D eigenvalue weighted by molar-refractivity contribution is 0.0943. The van der Waals surface area contributed by atoms with E-state index < -0.39 is 0 Å². The minimum absolute atomic E-state index is 0.0806. The van der Waals surface area contributed by atoms with Gasteiger partial charge >= 0.3 is 0 Å². The number of aryl methyl sites for hydroxylation is 1. The van der Waals surface area contributed by atoms with Crippen molar-refractivity contribution in [1.29, 1.82) is 0 Å². The Labute approximate surface area is 113 Å². The predicted molar refractivity (Wildman–Crippen MR) is 78.0 cm³/mol. The fourth-order valence-electron chi connectivity index (χ4n) is 1.72. The van der Waals surface area contributed by atoms with Gasteiger partial charge in [-0.25, -0.2) is 4.98 Å². The number of carbonyl (C=O) groups is 1. The van der Waals surface area contributed by atoms with Crippen molar-refractivity contribution in [3.63, 3.8) is 0 Å². The van der Waals surface area contributed by atoms with Crippen LogP contribution in [-0.2, 0) is 6.42 Å². The van der Waals surface area contributed by atoms with Crippen LogP contribution in [0.1, 0.15) is 36.3 Å². The molecule has 0 bridgehead atoms. The highest BCUT2D eigenvalue weighted by Gasteiger charge is 2.11. The Morgan fingerprint density at radius 3 is 2.89 bits per heavy atom. The van der Waals surface area contributed by atoms with Crippen molar-refractivity contribution in [2.45, 2.75) is 32.7 Å². The second kappa shape index (κ2) is 7.26. The van der Waals surface area contributed by atoms with Crippen LogP contribution < -0.4 is 11.1 Å². The first kappa shape index (κ1) is 14.8. The Kier molecular flexibility index (Phi) is 5.98. The molecule has 1 aromatic heterocycles. The molecular weight excluding hydrogens is 246 g/mol. The third-order valence-corrected chi connectivity index (χ3v) is 3.29. The molecule has 0 spiro atoms. The fraction of sp³-hybridized carbons (Fsp3) is 0.538. The minimum atomic E-state index is -0.0806. The summed E-state index contributed by atoms with van der Waals surface area (Å²) in [6, 6.07) is 3.60. The van der Waals surface area contributed by atoms with Crippen LogP contribution in [-0.4, -0.2) is 28.9 Å². The summed E-state index contributed by atoms with van der Waals surface area (Å²) < 4.78 is 0. The van der Waals surface area contributed by atoms with E-state index in [2.05, 4.69) is 17.2 Å². The van der Waals surface area contributed by atoms with E-state index in [-0.39, 0.29) is 11.9 Å². The monoisotopic (exact) mass is 267 g/mol. The van der Waals surface area contributed by atoms with Gasteiger partial charge in [0.1, 0.15) is 5.82 Å². The molecule has 1 unspecified atom stereocenters. The normalized spacial score (nSPS) is 12.2. The van der Waals surface area contributed by atoms with Crippen LogP contribution in [0.25, 0.3) is 0 Å². The number of rotatable bonds is 6. The summed E-state index contributed by atoms with van der Waals surface area (Å²) in [7, 11) is 0. The molecule has 100 valence electrons. The van der Waals surface area contributed by atoms with Gasteiger partial charge in [-0.2, -0.15) is 11.8 Å². The van der Waals surface area contributed by atoms with Crippen molar-refractivity contribution in [1.82, 2.24) is 10.3 Å². The van der Waals surface area contributed by atoms with Crippen LogP contribution in [0.5, 0.6) is 0 Å². The average molecular weight is 267 g/mol. The Bertz CT molecular complexity index is 409. The van der Waals surface area contributed by atoms with E-state index in [1.807, 2.05) is 19.2 Å². The van der Waals surface area contributed by atoms with Crippen LogP contribution in [0.15, 0.2) is 12.1 Å². The van der Waals surface area contributed by atoms with Gasteiger partial charge in [-0.05, 0) is 31.7 Å². The van der Waals surface area contributed by atoms with Gasteiger partial charge in [-0.1, -0.05) is 13.3 Å². The van der Waals surface area contributed by atoms with Gasteiger partial charge in [-0.15, -0.1) is 0 Å². The summed E-state index contributed by atoms with van der Waals surface area (Å²) in [5, 5.41) is 2.95. The first-order valence-electron chi connectivity index (χ1n) is 6.13. The highest BCUT2D eigenvalue weighted by atomic mass is 32.2. The van der Waals surface area contributed by atoms with E-state index in [0.717, 1.165) is 24.3 Å². The summed E-state index contributed by atoms with van der Waals surface area (Å²) in [6.07, 6.45) is 3.85. The van der Waals surface area contributed by atoms with Crippen molar-refractivity contribution >= 4 is 23.5 Å². The molecule has 1 aromatic rings. The number of nitrogens with zero attached hydrogens (tertiary/aromatic N) is 1. The SMILES string of the molecule is CCCc1cc(C(=O)NC(C)CSC)cc(N)n1. The molecule has 0 fully saturated rings. The summed E-state index contributed by atoms with van der Waals surface area (Å²) in [5.74, 6) is 1.22. The number of hydrogen-bond donors (Lipinski definition) is 2. The smallest absolute Gasteiger partial charge is 0.251 e. The van der Waals surface area contributed by atoms with E-state index in [1.165, 1.54) is 0 Å². The standard InChI is InChI=1S/C13H21N3OS/c1-4-5-11-6-10(7-12(14)16-11)13(17)15-9(2)8-18-3/h6-7,9H,4-5,8H2,1-3H3,(H2,14,16)(H,15,17). The maximum atomic E-state index is 12.0. The first-order valence-corrected chi connectivity index (χ1v) is 7.52. The zero-order chi connectivity index (χ0) is 13.5. The summed E-state index contributed by atoms with van der Waals surface area (Å²) >= 11 is 1.71. The number of nitrogens with one attached hydrogen (secondary N) is 1. The Morgan fingerprint density at radius 1 is 1.56 bits per heavy atom. The van der Waals surface area contributed by atoms with E-state index in [9.17, 15) is 4.79 Å². The lowest BCUT2D eigenvalue weighted by Crippen LogP contribution is -2.34. The van der Waals surface area contributed by atoms with Crippen LogP contribution in [0.4, 0.5) is 5.82 Å². The number of carbonyl (C=O) groups excluding carboxylic acids is 1. The number of hydrogen-bond acceptors (Lipinski definition) is 4. The van der Waals surface area contributed by atoms with Gasteiger partial charge in [0, 0.05) is 23.1 Å². The van der Waals surface area contributed by atoms with Crippen LogP contribution >= 0.6 is 11.8 Å². The minimum Gasteiger partial charge on any atom is -0.384 e. The molecule has 1 amide bonds. The van der Waals surface area contributed by atoms with Crippen molar-refractivity contribution in [2.75, 3.05) is 17.7 Å². The van der Waals surface area contributed by atoms with Gasteiger partial charge in [0.15, 0.2) is 0 Å². The number of pyridine rings is 1. The van der Waals surface area contributed by atoms with Crippen molar-refractivity contribution in [2.24, 2.45) is 0 Å². The molecule has 0 radical (unpaired) electrons. The van der Waals surface area contributed by atoms with Crippen molar-refractivity contribution in [3.8, 4) is 0 Å². The third kappa shape index (κ3) is 4.56. The number of aromatic nitrogens is 1. The van der Waals surface area contributed by atoms with Gasteiger partial charge in [-0.3, -0.25) is 4.79 Å². The number of anilines is 1. The topological polar surface area (TPSA) is 68.0 Å². The first-order chi connectivity index (χ1) is 8.56. The molecule has 0 aliphatic carbocycles. The van der Waals surface area contributed by atoms with E-state index >= 15 is 0 Å². The number of amides is 1. The Hall–Kier alpha value is -1.23. The molecular formula is C13H21N3OS. The molecule has 0 saturated heterocycles. The molecule has 1 heterocycles. The van der Waals surface area contributed by atoms with Crippen LogP contribution in [0.3, 0.4) is 0 Å². The largest absolute Gasteiger partial charge is 0.384 e. The summed E-state index contributed by atoms with van der Waals surface area (Å²) in [6.45, 7) is 4.07. The van der Waals surface area contributed by atoms with Crippen molar-refractivity contribution in [3.05, 3.63) is 23.4 Å². The number of nitrogen functional groups attached to an aromatic ring is 1. The molecule has 3 N–H and O–H groups in total. The van der Waals surface area contributed by atoms with Crippen LogP contribution in [0, 0.1) is 0 Å². The Morgan fingerprint density at radius 2 is 2.28 bits per heavy atom. The highest BCUT2D eigenvalue weighted by molar-refractivity contribution is 7.98. The predicted octanol–water partition coefficient (Wildman–Crippen LogP) is 2.10. The maximum Gasteiger partial charge on any atom is 0.251 e. The molecule has 5 heteroatoms. The Balaban J connectivity index is 2.78. The number of thioether (sulfide) groups is 1. The van der Waals surface area contributed by atoms with Crippen LogP contribution in [0.2, 0.25) is 0 Å². The second-order valence-electron chi connectivity index (χ2n) is 4.35. The zero-order valence-electron chi connectivity index (χ0n) is 11.2. The molecule has 0 aliphatic heterocycles. The summed E-state index contributed by atoms with van der Waals surface area (Å²) in [5.41, 5.74) is 7.19. The molecule has 1 rings (SSSR count). The average Bonchev–Trinajstić information content (AvgIpc) is 2.28. The van der Waals surface area contributed by atoms with Gasteiger partial charge in [0.25, 0.3) is 5.91 Å². The van der Waals surface area contributed by atoms with E-state index in [4.69, 9.17) is 5.73 Å². The lowest BCUT2D eigenvalue weighted by Gasteiger charge is -2.13. The highest BCUT2D eigenvalue weighted by Crippen LogP contribution is 2.10. The third-order valence-electron chi connectivity index (χ3n) is 2.46. The second-order valence-corrected chi connectivity index (χ2v) is 5.26. The molecule has 1 atom stereocenters. The fourth-order valence-corrected chi connectivity index (χ4v) is 2.31.